The van der Waals surface area contributed by atoms with Gasteiger partial charge in [0.05, 0.1) is 17.6 Å². The number of halogens is 3. The van der Waals surface area contributed by atoms with Gasteiger partial charge in [-0.05, 0) is 32.6 Å². The van der Waals surface area contributed by atoms with Crippen LogP contribution in [0.3, 0.4) is 0 Å². The van der Waals surface area contributed by atoms with Gasteiger partial charge in [0.15, 0.2) is 0 Å². The number of morpholine rings is 1. The van der Waals surface area contributed by atoms with Gasteiger partial charge in [-0.2, -0.15) is 13.2 Å². The van der Waals surface area contributed by atoms with Crippen LogP contribution in [0.25, 0.3) is 0 Å². The zero-order chi connectivity index (χ0) is 11.8. The van der Waals surface area contributed by atoms with E-state index in [-0.39, 0.29) is 24.5 Å². The molecule has 2 nitrogen and oxygen atoms in total. The third kappa shape index (κ3) is 2.51. The predicted octanol–water partition coefficient (Wildman–Crippen LogP) is 2.49. The summed E-state index contributed by atoms with van der Waals surface area (Å²) in [7, 11) is 0. The Morgan fingerprint density at radius 2 is 1.88 bits per heavy atom. The summed E-state index contributed by atoms with van der Waals surface area (Å²) in [4.78, 5) is 0. The molecule has 1 saturated carbocycles. The number of hydrogen-bond donors (Lipinski definition) is 1. The fraction of sp³-hybridized carbons (Fsp3) is 1.00. The first kappa shape index (κ1) is 12.2. The summed E-state index contributed by atoms with van der Waals surface area (Å²) in [5.41, 5.74) is -0.334. The van der Waals surface area contributed by atoms with Gasteiger partial charge in [-0.3, -0.25) is 0 Å². The smallest absolute Gasteiger partial charge is 0.369 e. The zero-order valence-electron chi connectivity index (χ0n) is 9.44. The lowest BCUT2D eigenvalue weighted by molar-refractivity contribution is -0.204. The summed E-state index contributed by atoms with van der Waals surface area (Å²) in [5.74, 6) is -1.13. The normalized spacial score (nSPS) is 41.2. The van der Waals surface area contributed by atoms with E-state index in [9.17, 15) is 13.2 Å². The number of rotatable bonds is 0. The molecule has 1 spiro atoms. The van der Waals surface area contributed by atoms with Crippen LogP contribution < -0.4 is 5.32 Å². The Kier molecular flexibility index (Phi) is 3.18. The van der Waals surface area contributed by atoms with Crippen molar-refractivity contribution in [2.45, 2.75) is 50.5 Å². The third-order valence-electron chi connectivity index (χ3n) is 3.69. The van der Waals surface area contributed by atoms with Crippen molar-refractivity contribution >= 4 is 0 Å². The average molecular weight is 237 g/mol. The van der Waals surface area contributed by atoms with Gasteiger partial charge in [0.1, 0.15) is 0 Å². The van der Waals surface area contributed by atoms with Gasteiger partial charge >= 0.3 is 6.18 Å². The summed E-state index contributed by atoms with van der Waals surface area (Å²) in [5, 5.41) is 3.24. The van der Waals surface area contributed by atoms with Crippen LogP contribution in [0.5, 0.6) is 0 Å². The maximum Gasteiger partial charge on any atom is 0.391 e. The molecular formula is C11H18F3NO. The maximum atomic E-state index is 12.5. The molecule has 0 radical (unpaired) electrons. The van der Waals surface area contributed by atoms with Crippen LogP contribution in [0.15, 0.2) is 0 Å². The van der Waals surface area contributed by atoms with Crippen LogP contribution in [-0.4, -0.2) is 31.0 Å². The van der Waals surface area contributed by atoms with Crippen molar-refractivity contribution in [1.82, 2.24) is 5.32 Å². The lowest BCUT2D eigenvalue weighted by atomic mass is 9.77. The highest BCUT2D eigenvalue weighted by Crippen LogP contribution is 2.43. The van der Waals surface area contributed by atoms with Crippen molar-refractivity contribution in [3.8, 4) is 0 Å². The van der Waals surface area contributed by atoms with E-state index in [1.807, 2.05) is 6.92 Å². The Labute approximate surface area is 93.5 Å². The van der Waals surface area contributed by atoms with E-state index in [1.54, 1.807) is 0 Å². The summed E-state index contributed by atoms with van der Waals surface area (Å²) < 4.78 is 43.4. The molecule has 2 fully saturated rings. The van der Waals surface area contributed by atoms with Crippen molar-refractivity contribution in [2.75, 3.05) is 13.1 Å². The van der Waals surface area contributed by atoms with Crippen molar-refractivity contribution in [3.05, 3.63) is 0 Å². The second-order valence-electron chi connectivity index (χ2n) is 5.06. The van der Waals surface area contributed by atoms with Gasteiger partial charge in [-0.1, -0.05) is 0 Å². The quantitative estimate of drug-likeness (QED) is 0.699. The molecule has 5 heteroatoms. The summed E-state index contributed by atoms with van der Waals surface area (Å²) >= 11 is 0. The largest absolute Gasteiger partial charge is 0.391 e. The molecule has 2 aliphatic rings. The molecule has 2 rings (SSSR count). The molecule has 1 unspecified atom stereocenters. The molecule has 1 atom stereocenters. The number of hydrogen-bond acceptors (Lipinski definition) is 2. The molecule has 94 valence electrons. The first-order chi connectivity index (χ1) is 7.41. The molecule has 1 saturated heterocycles. The molecule has 0 aromatic rings. The lowest BCUT2D eigenvalue weighted by Crippen LogP contribution is -2.55. The van der Waals surface area contributed by atoms with Crippen LogP contribution in [0.1, 0.15) is 32.6 Å². The minimum absolute atomic E-state index is 0.108. The summed E-state index contributed by atoms with van der Waals surface area (Å²) in [6, 6.07) is 0. The Morgan fingerprint density at radius 3 is 2.38 bits per heavy atom. The van der Waals surface area contributed by atoms with Crippen molar-refractivity contribution < 1.29 is 17.9 Å². The topological polar surface area (TPSA) is 21.3 Å². The fourth-order valence-electron chi connectivity index (χ4n) is 2.78. The SMILES string of the molecule is CC1CNCC2(CCC(C(F)(F)F)CC2)O1. The molecule has 0 aromatic carbocycles. The zero-order valence-corrected chi connectivity index (χ0v) is 9.44. The molecule has 0 bridgehead atoms. The van der Waals surface area contributed by atoms with Gasteiger partial charge in [-0.15, -0.1) is 0 Å². The monoisotopic (exact) mass is 237 g/mol. The molecule has 1 N–H and O–H groups in total. The van der Waals surface area contributed by atoms with E-state index in [0.717, 1.165) is 6.54 Å². The van der Waals surface area contributed by atoms with E-state index < -0.39 is 12.1 Å². The van der Waals surface area contributed by atoms with Gasteiger partial charge in [0.2, 0.25) is 0 Å². The summed E-state index contributed by atoms with van der Waals surface area (Å²) in [6.45, 7) is 3.45. The highest BCUT2D eigenvalue weighted by atomic mass is 19.4. The van der Waals surface area contributed by atoms with Crippen LogP contribution >= 0.6 is 0 Å². The van der Waals surface area contributed by atoms with E-state index in [4.69, 9.17) is 4.74 Å². The Hall–Kier alpha value is -0.290. The highest BCUT2D eigenvalue weighted by Gasteiger charge is 2.47. The van der Waals surface area contributed by atoms with Crippen molar-refractivity contribution in [1.29, 1.82) is 0 Å². The Balaban J connectivity index is 1.93. The highest BCUT2D eigenvalue weighted by molar-refractivity contribution is 4.93. The predicted molar refractivity (Wildman–Crippen MR) is 54.2 cm³/mol. The first-order valence-corrected chi connectivity index (χ1v) is 5.87. The van der Waals surface area contributed by atoms with Gasteiger partial charge in [-0.25, -0.2) is 0 Å². The molecular weight excluding hydrogens is 219 g/mol. The average Bonchev–Trinajstić information content (AvgIpc) is 2.16. The summed E-state index contributed by atoms with van der Waals surface area (Å²) in [6.07, 6.45) is -2.47. The van der Waals surface area contributed by atoms with Crippen LogP contribution in [0, 0.1) is 5.92 Å². The number of nitrogens with one attached hydrogen (secondary N) is 1. The minimum Gasteiger partial charge on any atom is -0.369 e. The van der Waals surface area contributed by atoms with Gasteiger partial charge in [0, 0.05) is 13.1 Å². The van der Waals surface area contributed by atoms with Gasteiger partial charge < -0.3 is 10.1 Å². The Bertz CT molecular complexity index is 246. The molecule has 0 amide bonds. The molecule has 1 aliphatic carbocycles. The number of alkyl halides is 3. The van der Waals surface area contributed by atoms with E-state index in [2.05, 4.69) is 5.32 Å². The molecule has 1 aliphatic heterocycles. The first-order valence-electron chi connectivity index (χ1n) is 5.87. The maximum absolute atomic E-state index is 12.5. The fourth-order valence-corrected chi connectivity index (χ4v) is 2.78. The molecule has 1 heterocycles. The van der Waals surface area contributed by atoms with Crippen LogP contribution in [0.2, 0.25) is 0 Å². The van der Waals surface area contributed by atoms with Gasteiger partial charge in [0.25, 0.3) is 0 Å². The standard InChI is InChI=1S/C11H18F3NO/c1-8-6-15-7-10(16-8)4-2-9(3-5-10)11(12,13)14/h8-9,15H,2-7H2,1H3. The molecule has 16 heavy (non-hydrogen) atoms. The Morgan fingerprint density at radius 1 is 1.25 bits per heavy atom. The van der Waals surface area contributed by atoms with E-state index >= 15 is 0 Å². The van der Waals surface area contributed by atoms with Crippen LogP contribution in [0.4, 0.5) is 13.2 Å². The lowest BCUT2D eigenvalue weighted by Gasteiger charge is -2.45. The van der Waals surface area contributed by atoms with Crippen molar-refractivity contribution in [3.63, 3.8) is 0 Å². The second kappa shape index (κ2) is 4.18. The minimum atomic E-state index is -4.03. The molecule has 0 aromatic heterocycles. The van der Waals surface area contributed by atoms with E-state index in [0.29, 0.717) is 19.4 Å². The van der Waals surface area contributed by atoms with Crippen molar-refractivity contribution in [2.24, 2.45) is 5.92 Å². The second-order valence-corrected chi connectivity index (χ2v) is 5.06. The van der Waals surface area contributed by atoms with Crippen LogP contribution in [-0.2, 0) is 4.74 Å². The third-order valence-corrected chi connectivity index (χ3v) is 3.69. The van der Waals surface area contributed by atoms with E-state index in [1.165, 1.54) is 0 Å². The number of ether oxygens (including phenoxy) is 1.